The van der Waals surface area contributed by atoms with E-state index < -0.39 is 0 Å². The normalized spacial score (nSPS) is 21.0. The van der Waals surface area contributed by atoms with E-state index in [4.69, 9.17) is 0 Å². The van der Waals surface area contributed by atoms with Crippen LogP contribution in [-0.4, -0.2) is 28.2 Å². The van der Waals surface area contributed by atoms with Crippen LogP contribution in [0.4, 0.5) is 11.4 Å². The second kappa shape index (κ2) is 6.84. The first-order chi connectivity index (χ1) is 13.3. The largest absolute Gasteiger partial charge is 0.378 e. The zero-order valence-electron chi connectivity index (χ0n) is 18.2. The number of anilines is 2. The van der Waals surface area contributed by atoms with Crippen LogP contribution >= 0.6 is 0 Å². The van der Waals surface area contributed by atoms with Crippen LogP contribution < -0.4 is 9.80 Å². The molecule has 2 unspecified atom stereocenters. The van der Waals surface area contributed by atoms with Crippen molar-refractivity contribution in [3.05, 3.63) is 69.8 Å². The number of allylic oxidation sites excluding steroid dienone is 2. The van der Waals surface area contributed by atoms with Gasteiger partial charge >= 0.3 is 0 Å². The molecule has 4 rings (SSSR count). The molecule has 0 fully saturated rings. The lowest BCUT2D eigenvalue weighted by atomic mass is 9.73. The first-order valence-corrected chi connectivity index (χ1v) is 10.3. The number of benzene rings is 2. The Balaban J connectivity index is 1.75. The average Bonchev–Trinajstić information content (AvgIpc) is 3.14. The van der Waals surface area contributed by atoms with Gasteiger partial charge in [0.1, 0.15) is 0 Å². The van der Waals surface area contributed by atoms with Gasteiger partial charge in [0.05, 0.1) is 0 Å². The van der Waals surface area contributed by atoms with Crippen molar-refractivity contribution in [3.8, 4) is 0 Å². The molecule has 0 N–H and O–H groups in total. The highest BCUT2D eigenvalue weighted by Crippen LogP contribution is 2.51. The Labute approximate surface area is 170 Å². The molecule has 0 aromatic heterocycles. The summed E-state index contributed by atoms with van der Waals surface area (Å²) in [4.78, 5) is 4.41. The first kappa shape index (κ1) is 18.9. The summed E-state index contributed by atoms with van der Waals surface area (Å²) in [5.74, 6) is 1.46. The molecule has 2 atom stereocenters. The zero-order valence-corrected chi connectivity index (χ0v) is 18.2. The Bertz CT molecular complexity index is 898. The Morgan fingerprint density at radius 3 is 1.43 bits per heavy atom. The molecular formula is C26H32N2. The minimum absolute atomic E-state index is 0.470. The topological polar surface area (TPSA) is 6.48 Å². The molecule has 2 heteroatoms. The number of nitrogens with zero attached hydrogens (tertiary/aromatic N) is 2. The number of hydrogen-bond donors (Lipinski definition) is 0. The van der Waals surface area contributed by atoms with Crippen LogP contribution in [0, 0.1) is 5.92 Å². The lowest BCUT2D eigenvalue weighted by molar-refractivity contribution is 0.455. The molecule has 2 nitrogen and oxygen atoms in total. The molecule has 0 bridgehead atoms. The molecule has 0 saturated heterocycles. The van der Waals surface area contributed by atoms with E-state index in [0.717, 1.165) is 0 Å². The SMILES string of the molecule is CC1=Cc2ccc(N(C)C)cc2C1C(C)C1C(C)=Cc2ccc(N(C)C)cc21. The second-order valence-corrected chi connectivity index (χ2v) is 9.01. The summed E-state index contributed by atoms with van der Waals surface area (Å²) < 4.78 is 0. The second-order valence-electron chi connectivity index (χ2n) is 9.01. The Morgan fingerprint density at radius 2 is 1.07 bits per heavy atom. The predicted octanol–water partition coefficient (Wildman–Crippen LogP) is 6.16. The van der Waals surface area contributed by atoms with E-state index in [0.29, 0.717) is 17.8 Å². The summed E-state index contributed by atoms with van der Waals surface area (Å²) in [6.07, 6.45) is 4.78. The van der Waals surface area contributed by atoms with Crippen LogP contribution in [0.3, 0.4) is 0 Å². The van der Waals surface area contributed by atoms with E-state index in [2.05, 4.69) is 107 Å². The number of hydrogen-bond acceptors (Lipinski definition) is 2. The van der Waals surface area contributed by atoms with Gasteiger partial charge in [-0.3, -0.25) is 0 Å². The molecule has 2 aliphatic rings. The van der Waals surface area contributed by atoms with Crippen LogP contribution in [0.5, 0.6) is 0 Å². The lowest BCUT2D eigenvalue weighted by Crippen LogP contribution is -2.19. The van der Waals surface area contributed by atoms with Gasteiger partial charge in [-0.25, -0.2) is 0 Å². The summed E-state index contributed by atoms with van der Waals surface area (Å²) in [6, 6.07) is 13.8. The van der Waals surface area contributed by atoms with Crippen molar-refractivity contribution in [1.29, 1.82) is 0 Å². The molecular weight excluding hydrogens is 340 g/mol. The van der Waals surface area contributed by atoms with Gasteiger partial charge in [-0.2, -0.15) is 0 Å². The van der Waals surface area contributed by atoms with Crippen LogP contribution in [-0.2, 0) is 0 Å². The maximum atomic E-state index is 2.44. The Morgan fingerprint density at radius 1 is 0.679 bits per heavy atom. The van der Waals surface area contributed by atoms with Gasteiger partial charge in [0.2, 0.25) is 0 Å². The fraction of sp³-hybridized carbons (Fsp3) is 0.385. The van der Waals surface area contributed by atoms with Gasteiger partial charge in [0.25, 0.3) is 0 Å². The monoisotopic (exact) mass is 372 g/mol. The Kier molecular flexibility index (Phi) is 4.61. The summed E-state index contributed by atoms with van der Waals surface area (Å²) >= 11 is 0. The number of rotatable bonds is 4. The van der Waals surface area contributed by atoms with Crippen LogP contribution in [0.2, 0.25) is 0 Å². The molecule has 2 aromatic carbocycles. The van der Waals surface area contributed by atoms with Crippen molar-refractivity contribution >= 4 is 23.5 Å². The fourth-order valence-electron chi connectivity index (χ4n) is 5.23. The van der Waals surface area contributed by atoms with Crippen LogP contribution in [0.15, 0.2) is 47.5 Å². The highest BCUT2D eigenvalue weighted by Gasteiger charge is 2.36. The van der Waals surface area contributed by atoms with E-state index in [-0.39, 0.29) is 0 Å². The molecule has 0 heterocycles. The molecule has 0 radical (unpaired) electrons. The quantitative estimate of drug-likeness (QED) is 0.634. The summed E-state index contributed by atoms with van der Waals surface area (Å²) in [5.41, 5.74) is 11.3. The minimum Gasteiger partial charge on any atom is -0.378 e. The maximum absolute atomic E-state index is 2.44. The average molecular weight is 373 g/mol. The van der Waals surface area contributed by atoms with Crippen LogP contribution in [0.25, 0.3) is 12.2 Å². The minimum atomic E-state index is 0.470. The summed E-state index contributed by atoms with van der Waals surface area (Å²) in [6.45, 7) is 7.06. The van der Waals surface area contributed by atoms with E-state index in [1.54, 1.807) is 0 Å². The molecule has 0 aliphatic heterocycles. The lowest BCUT2D eigenvalue weighted by Gasteiger charge is -2.31. The predicted molar refractivity (Wildman–Crippen MR) is 123 cm³/mol. The van der Waals surface area contributed by atoms with E-state index >= 15 is 0 Å². The van der Waals surface area contributed by atoms with Crippen molar-refractivity contribution in [2.24, 2.45) is 5.92 Å². The molecule has 2 aliphatic carbocycles. The van der Waals surface area contributed by atoms with E-state index in [9.17, 15) is 0 Å². The van der Waals surface area contributed by atoms with Gasteiger partial charge in [-0.15, -0.1) is 0 Å². The third-order valence-electron chi connectivity index (χ3n) is 6.64. The first-order valence-electron chi connectivity index (χ1n) is 10.3. The molecule has 0 saturated carbocycles. The zero-order chi connectivity index (χ0) is 20.2. The standard InChI is InChI=1S/C26H32N2/c1-16-12-19-8-10-21(27(4)5)14-23(19)25(16)18(3)26-17(2)13-20-9-11-22(28(6)7)15-24(20)26/h8-15,18,25-26H,1-7H3. The van der Waals surface area contributed by atoms with Crippen molar-refractivity contribution in [3.63, 3.8) is 0 Å². The summed E-state index contributed by atoms with van der Waals surface area (Å²) in [5, 5.41) is 0. The fourth-order valence-corrected chi connectivity index (χ4v) is 5.23. The van der Waals surface area contributed by atoms with Gasteiger partial charge < -0.3 is 9.80 Å². The Hall–Kier alpha value is -2.48. The van der Waals surface area contributed by atoms with Crippen LogP contribution in [0.1, 0.15) is 54.9 Å². The van der Waals surface area contributed by atoms with Crippen molar-refractivity contribution in [2.75, 3.05) is 38.0 Å². The molecule has 0 spiro atoms. The van der Waals surface area contributed by atoms with E-state index in [1.807, 2.05) is 0 Å². The smallest absolute Gasteiger partial charge is 0.0364 e. The van der Waals surface area contributed by atoms with Gasteiger partial charge in [0, 0.05) is 51.4 Å². The molecule has 146 valence electrons. The van der Waals surface area contributed by atoms with Gasteiger partial charge in [0.15, 0.2) is 0 Å². The summed E-state index contributed by atoms with van der Waals surface area (Å²) in [7, 11) is 8.49. The van der Waals surface area contributed by atoms with Crippen molar-refractivity contribution in [2.45, 2.75) is 32.6 Å². The highest BCUT2D eigenvalue weighted by atomic mass is 15.1. The third kappa shape index (κ3) is 2.96. The molecule has 2 aromatic rings. The molecule has 28 heavy (non-hydrogen) atoms. The highest BCUT2D eigenvalue weighted by molar-refractivity contribution is 5.72. The van der Waals surface area contributed by atoms with Crippen molar-refractivity contribution in [1.82, 2.24) is 0 Å². The third-order valence-corrected chi connectivity index (χ3v) is 6.64. The maximum Gasteiger partial charge on any atom is 0.0364 e. The van der Waals surface area contributed by atoms with Gasteiger partial charge in [-0.1, -0.05) is 42.4 Å². The van der Waals surface area contributed by atoms with E-state index in [1.165, 1.54) is 44.8 Å². The molecule has 0 amide bonds. The van der Waals surface area contributed by atoms with Crippen molar-refractivity contribution < 1.29 is 0 Å². The number of fused-ring (bicyclic) bond motifs is 2. The van der Waals surface area contributed by atoms with Gasteiger partial charge in [-0.05, 0) is 66.3 Å².